The van der Waals surface area contributed by atoms with Crippen LogP contribution in [0.4, 0.5) is 0 Å². The molecule has 0 saturated carbocycles. The van der Waals surface area contributed by atoms with Crippen molar-refractivity contribution in [2.75, 3.05) is 13.1 Å². The quantitative estimate of drug-likeness (QED) is 0.881. The molecule has 1 aromatic carbocycles. The molecule has 0 aliphatic carbocycles. The van der Waals surface area contributed by atoms with Gasteiger partial charge in [0.25, 0.3) is 0 Å². The van der Waals surface area contributed by atoms with Crippen LogP contribution in [0.5, 0.6) is 0 Å². The third-order valence-electron chi connectivity index (χ3n) is 3.49. The third-order valence-corrected chi connectivity index (χ3v) is 4.23. The number of nitrogens with one attached hydrogen (secondary N) is 1. The third kappa shape index (κ3) is 3.75. The lowest BCUT2D eigenvalue weighted by molar-refractivity contribution is 0.406. The van der Waals surface area contributed by atoms with Crippen LogP contribution in [0.2, 0.25) is 10.0 Å². The first-order valence-electron chi connectivity index (χ1n) is 5.85. The maximum Gasteiger partial charge on any atom is 0.0595 e. The van der Waals surface area contributed by atoms with Gasteiger partial charge in [-0.2, -0.15) is 0 Å². The number of benzene rings is 1. The Balaban J connectivity index is 0.00000144. The first-order valence-corrected chi connectivity index (χ1v) is 6.61. The predicted molar refractivity (Wildman–Crippen MR) is 77.6 cm³/mol. The number of hydrogen-bond acceptors (Lipinski definition) is 1. The fraction of sp³-hybridized carbons (Fsp3) is 0.538. The van der Waals surface area contributed by atoms with Crippen molar-refractivity contribution in [2.45, 2.75) is 19.8 Å². The molecule has 17 heavy (non-hydrogen) atoms. The van der Waals surface area contributed by atoms with Crippen molar-refractivity contribution in [1.29, 1.82) is 0 Å². The van der Waals surface area contributed by atoms with Crippen LogP contribution in [0.15, 0.2) is 18.2 Å². The zero-order valence-electron chi connectivity index (χ0n) is 9.88. The van der Waals surface area contributed by atoms with Crippen molar-refractivity contribution in [3.05, 3.63) is 33.8 Å². The molecule has 0 unspecified atom stereocenters. The van der Waals surface area contributed by atoms with Crippen molar-refractivity contribution in [2.24, 2.45) is 11.8 Å². The van der Waals surface area contributed by atoms with Crippen LogP contribution in [0.1, 0.15) is 18.9 Å². The van der Waals surface area contributed by atoms with Crippen LogP contribution < -0.4 is 5.32 Å². The van der Waals surface area contributed by atoms with Crippen LogP contribution in [0, 0.1) is 11.8 Å². The number of hydrogen-bond donors (Lipinski definition) is 1. The molecule has 1 heterocycles. The van der Waals surface area contributed by atoms with Gasteiger partial charge in [0.1, 0.15) is 0 Å². The molecule has 0 bridgehead atoms. The summed E-state index contributed by atoms with van der Waals surface area (Å²) in [7, 11) is 0. The molecule has 1 aliphatic heterocycles. The molecule has 96 valence electrons. The van der Waals surface area contributed by atoms with Crippen LogP contribution in [-0.4, -0.2) is 13.1 Å². The lowest BCUT2D eigenvalue weighted by Crippen LogP contribution is -2.14. The Kier molecular flexibility index (Phi) is 6.08. The summed E-state index contributed by atoms with van der Waals surface area (Å²) >= 11 is 11.9. The van der Waals surface area contributed by atoms with E-state index in [4.69, 9.17) is 23.2 Å². The van der Waals surface area contributed by atoms with Crippen molar-refractivity contribution in [3.63, 3.8) is 0 Å². The highest BCUT2D eigenvalue weighted by atomic mass is 35.5. The molecule has 0 amide bonds. The van der Waals surface area contributed by atoms with Gasteiger partial charge < -0.3 is 5.32 Å². The molecule has 2 atom stereocenters. The molecule has 0 spiro atoms. The first-order chi connectivity index (χ1) is 7.70. The Morgan fingerprint density at radius 3 is 2.53 bits per heavy atom. The molecule has 1 saturated heterocycles. The van der Waals surface area contributed by atoms with E-state index >= 15 is 0 Å². The van der Waals surface area contributed by atoms with E-state index in [1.165, 1.54) is 12.0 Å². The molecule has 0 aromatic heterocycles. The average Bonchev–Trinajstić information content (AvgIpc) is 2.71. The maximum atomic E-state index is 6.02. The summed E-state index contributed by atoms with van der Waals surface area (Å²) < 4.78 is 0. The van der Waals surface area contributed by atoms with Crippen LogP contribution in [0.3, 0.4) is 0 Å². The van der Waals surface area contributed by atoms with Gasteiger partial charge in [-0.25, -0.2) is 0 Å². The highest BCUT2D eigenvalue weighted by molar-refractivity contribution is 6.42. The summed E-state index contributed by atoms with van der Waals surface area (Å²) in [6, 6.07) is 5.97. The monoisotopic (exact) mass is 293 g/mol. The molecular weight excluding hydrogens is 277 g/mol. The second kappa shape index (κ2) is 6.84. The minimum absolute atomic E-state index is 0. The van der Waals surface area contributed by atoms with E-state index in [-0.39, 0.29) is 12.4 Å². The van der Waals surface area contributed by atoms with Gasteiger partial charge in [0.05, 0.1) is 10.0 Å². The van der Waals surface area contributed by atoms with Gasteiger partial charge >= 0.3 is 0 Å². The Morgan fingerprint density at radius 2 is 1.88 bits per heavy atom. The van der Waals surface area contributed by atoms with E-state index in [9.17, 15) is 0 Å². The normalized spacial score (nSPS) is 23.5. The molecule has 1 N–H and O–H groups in total. The lowest BCUT2D eigenvalue weighted by atomic mass is 9.88. The van der Waals surface area contributed by atoms with Crippen molar-refractivity contribution >= 4 is 35.6 Å². The van der Waals surface area contributed by atoms with E-state index in [0.717, 1.165) is 31.3 Å². The Labute approximate surface area is 119 Å². The molecule has 0 radical (unpaired) electrons. The summed E-state index contributed by atoms with van der Waals surface area (Å²) in [5.74, 6) is 1.54. The zero-order valence-corrected chi connectivity index (χ0v) is 12.2. The zero-order chi connectivity index (χ0) is 11.5. The molecule has 1 aliphatic rings. The second-order valence-corrected chi connectivity index (χ2v) is 5.35. The fourth-order valence-electron chi connectivity index (χ4n) is 2.47. The number of rotatable bonds is 3. The molecule has 1 aromatic rings. The number of halogens is 3. The minimum Gasteiger partial charge on any atom is -0.316 e. The van der Waals surface area contributed by atoms with Gasteiger partial charge in [0.15, 0.2) is 0 Å². The van der Waals surface area contributed by atoms with Crippen LogP contribution in [-0.2, 0) is 6.42 Å². The highest BCUT2D eigenvalue weighted by Crippen LogP contribution is 2.27. The minimum atomic E-state index is 0. The fourth-order valence-corrected chi connectivity index (χ4v) is 2.79. The summed E-state index contributed by atoms with van der Waals surface area (Å²) in [6.45, 7) is 4.54. The van der Waals surface area contributed by atoms with E-state index in [1.807, 2.05) is 12.1 Å². The molecule has 4 heteroatoms. The molecular formula is C13H18Cl3N. The average molecular weight is 295 g/mol. The van der Waals surface area contributed by atoms with Gasteiger partial charge in [-0.05, 0) is 49.0 Å². The summed E-state index contributed by atoms with van der Waals surface area (Å²) in [6.07, 6.45) is 2.35. The maximum absolute atomic E-state index is 6.02. The van der Waals surface area contributed by atoms with Crippen LogP contribution >= 0.6 is 35.6 Å². The van der Waals surface area contributed by atoms with Gasteiger partial charge in [-0.1, -0.05) is 42.6 Å². The van der Waals surface area contributed by atoms with E-state index in [1.54, 1.807) is 0 Å². The Hall–Kier alpha value is 0.0500. The van der Waals surface area contributed by atoms with Crippen molar-refractivity contribution in [3.8, 4) is 0 Å². The van der Waals surface area contributed by atoms with Crippen molar-refractivity contribution < 1.29 is 0 Å². The standard InChI is InChI=1S/C13H17Cl2N.ClH/c1-2-10-7-16-8-11(10)5-9-3-4-12(14)13(15)6-9;/h3-4,6,10-11,16H,2,5,7-8H2,1H3;1H/t10-,11-;/m1./s1. The highest BCUT2D eigenvalue weighted by Gasteiger charge is 2.25. The SMILES string of the molecule is CC[C@@H]1CNC[C@H]1Cc1ccc(Cl)c(Cl)c1.Cl. The smallest absolute Gasteiger partial charge is 0.0595 e. The lowest BCUT2D eigenvalue weighted by Gasteiger charge is -2.16. The van der Waals surface area contributed by atoms with Gasteiger partial charge in [-0.3, -0.25) is 0 Å². The summed E-state index contributed by atoms with van der Waals surface area (Å²) in [4.78, 5) is 0. The van der Waals surface area contributed by atoms with E-state index in [2.05, 4.69) is 18.3 Å². The van der Waals surface area contributed by atoms with Crippen molar-refractivity contribution in [1.82, 2.24) is 5.32 Å². The van der Waals surface area contributed by atoms with Gasteiger partial charge in [0.2, 0.25) is 0 Å². The second-order valence-electron chi connectivity index (χ2n) is 4.54. The summed E-state index contributed by atoms with van der Waals surface area (Å²) in [5, 5.41) is 4.77. The predicted octanol–water partition coefficient (Wildman–Crippen LogP) is 4.20. The Morgan fingerprint density at radius 1 is 1.18 bits per heavy atom. The Bertz CT molecular complexity index is 368. The molecule has 1 fully saturated rings. The largest absolute Gasteiger partial charge is 0.316 e. The van der Waals surface area contributed by atoms with Gasteiger partial charge in [-0.15, -0.1) is 12.4 Å². The first kappa shape index (κ1) is 15.1. The topological polar surface area (TPSA) is 12.0 Å². The van der Waals surface area contributed by atoms with Crippen LogP contribution in [0.25, 0.3) is 0 Å². The van der Waals surface area contributed by atoms with Gasteiger partial charge in [0, 0.05) is 0 Å². The molecule has 2 rings (SSSR count). The molecule has 1 nitrogen and oxygen atoms in total. The van der Waals surface area contributed by atoms with E-state index in [0.29, 0.717) is 10.0 Å². The summed E-state index contributed by atoms with van der Waals surface area (Å²) in [5.41, 5.74) is 1.29. The van der Waals surface area contributed by atoms with E-state index < -0.39 is 0 Å².